The van der Waals surface area contributed by atoms with Crippen LogP contribution in [0.3, 0.4) is 0 Å². The van der Waals surface area contributed by atoms with Crippen LogP contribution in [0.1, 0.15) is 18.9 Å². The molecule has 6 nitrogen and oxygen atoms in total. The zero-order valence-electron chi connectivity index (χ0n) is 16.2. The molecule has 148 valence electrons. The molecule has 29 heavy (non-hydrogen) atoms. The van der Waals surface area contributed by atoms with Crippen LogP contribution >= 0.6 is 11.3 Å². The molecule has 0 bridgehead atoms. The number of amides is 1. The minimum atomic E-state index is -0.395. The Kier molecular flexibility index (Phi) is 7.34. The minimum absolute atomic E-state index is 0.0480. The van der Waals surface area contributed by atoms with Crippen molar-refractivity contribution in [1.29, 1.82) is 5.26 Å². The number of carbonyl (C=O) groups is 1. The van der Waals surface area contributed by atoms with Gasteiger partial charge >= 0.3 is 0 Å². The average molecular weight is 407 g/mol. The van der Waals surface area contributed by atoms with Gasteiger partial charge < -0.3 is 10.1 Å². The van der Waals surface area contributed by atoms with Crippen molar-refractivity contribution in [3.05, 3.63) is 65.2 Å². The van der Waals surface area contributed by atoms with E-state index in [0.717, 1.165) is 21.8 Å². The lowest BCUT2D eigenvalue weighted by atomic mass is 10.1. The standard InChI is InChI=1S/C22H22N4O2S/c1-2-28-12-7-11-24-22(27)17(15-23)14-18-16-26(19-8-4-3-5-9-19)25-21(18)20-10-6-13-29-20/h3-6,8-10,13-14,16H,2,7,11-12H2,1H3,(H,24,27)/b17-14+. The van der Waals surface area contributed by atoms with Gasteiger partial charge in [-0.2, -0.15) is 10.4 Å². The van der Waals surface area contributed by atoms with Crippen LogP contribution in [0.5, 0.6) is 0 Å². The van der Waals surface area contributed by atoms with Crippen molar-refractivity contribution in [1.82, 2.24) is 15.1 Å². The highest BCUT2D eigenvalue weighted by atomic mass is 32.1. The predicted molar refractivity (Wildman–Crippen MR) is 115 cm³/mol. The van der Waals surface area contributed by atoms with Gasteiger partial charge in [-0.25, -0.2) is 4.68 Å². The molecule has 0 spiro atoms. The summed E-state index contributed by atoms with van der Waals surface area (Å²) in [6, 6.07) is 15.7. The summed E-state index contributed by atoms with van der Waals surface area (Å²) in [5, 5.41) is 18.9. The molecule has 0 atom stereocenters. The number of nitrogens with one attached hydrogen (secondary N) is 1. The highest BCUT2D eigenvalue weighted by molar-refractivity contribution is 7.13. The molecule has 0 aliphatic heterocycles. The number of aromatic nitrogens is 2. The lowest BCUT2D eigenvalue weighted by Crippen LogP contribution is -2.26. The summed E-state index contributed by atoms with van der Waals surface area (Å²) in [4.78, 5) is 13.4. The predicted octanol–water partition coefficient (Wildman–Crippen LogP) is 4.05. The van der Waals surface area contributed by atoms with E-state index in [1.807, 2.05) is 67.0 Å². The van der Waals surface area contributed by atoms with Gasteiger partial charge in [-0.05, 0) is 43.0 Å². The summed E-state index contributed by atoms with van der Waals surface area (Å²) in [6.45, 7) is 3.61. The van der Waals surface area contributed by atoms with Crippen LogP contribution in [0.25, 0.3) is 22.3 Å². The maximum Gasteiger partial charge on any atom is 0.261 e. The summed E-state index contributed by atoms with van der Waals surface area (Å²) in [6.07, 6.45) is 4.13. The zero-order valence-corrected chi connectivity index (χ0v) is 17.0. The van der Waals surface area contributed by atoms with E-state index in [9.17, 15) is 10.1 Å². The summed E-state index contributed by atoms with van der Waals surface area (Å²) in [7, 11) is 0. The third-order valence-corrected chi connectivity index (χ3v) is 5.01. The smallest absolute Gasteiger partial charge is 0.261 e. The van der Waals surface area contributed by atoms with E-state index in [1.165, 1.54) is 0 Å². The van der Waals surface area contributed by atoms with Crippen molar-refractivity contribution < 1.29 is 9.53 Å². The molecular weight excluding hydrogens is 384 g/mol. The lowest BCUT2D eigenvalue weighted by molar-refractivity contribution is -0.117. The van der Waals surface area contributed by atoms with E-state index in [2.05, 4.69) is 5.32 Å². The number of hydrogen-bond acceptors (Lipinski definition) is 5. The van der Waals surface area contributed by atoms with E-state index in [1.54, 1.807) is 22.1 Å². The number of rotatable bonds is 9. The first-order valence-corrected chi connectivity index (χ1v) is 10.3. The molecule has 1 aromatic carbocycles. The molecule has 2 aromatic heterocycles. The first-order valence-electron chi connectivity index (χ1n) is 9.39. The number of carbonyl (C=O) groups excluding carboxylic acids is 1. The topological polar surface area (TPSA) is 79.9 Å². The number of thiophene rings is 1. The molecule has 0 saturated heterocycles. The maximum atomic E-state index is 12.4. The minimum Gasteiger partial charge on any atom is -0.382 e. The zero-order chi connectivity index (χ0) is 20.5. The first-order chi connectivity index (χ1) is 14.2. The van der Waals surface area contributed by atoms with Crippen LogP contribution in [0, 0.1) is 11.3 Å². The Morgan fingerprint density at radius 3 is 2.83 bits per heavy atom. The molecule has 1 amide bonds. The SMILES string of the molecule is CCOCCCNC(=O)/C(C#N)=C/c1cn(-c2ccccc2)nc1-c1cccs1. The van der Waals surface area contributed by atoms with Gasteiger partial charge in [0.05, 0.1) is 10.6 Å². The van der Waals surface area contributed by atoms with Gasteiger partial charge in [-0.15, -0.1) is 11.3 Å². The number of ether oxygens (including phenoxy) is 1. The average Bonchev–Trinajstić information content (AvgIpc) is 3.42. The number of nitriles is 1. The maximum absolute atomic E-state index is 12.4. The summed E-state index contributed by atoms with van der Waals surface area (Å²) < 4.78 is 7.02. The third kappa shape index (κ3) is 5.41. The molecule has 7 heteroatoms. The first kappa shape index (κ1) is 20.5. The van der Waals surface area contributed by atoms with Crippen molar-refractivity contribution in [2.75, 3.05) is 19.8 Å². The Morgan fingerprint density at radius 1 is 1.31 bits per heavy atom. The Bertz CT molecular complexity index is 1000. The molecule has 0 aliphatic carbocycles. The molecular formula is C22H22N4O2S. The second-order valence-electron chi connectivity index (χ2n) is 6.17. The molecule has 0 fully saturated rings. The van der Waals surface area contributed by atoms with Crippen LogP contribution in [0.4, 0.5) is 0 Å². The number of nitrogens with zero attached hydrogens (tertiary/aromatic N) is 3. The van der Waals surface area contributed by atoms with Gasteiger partial charge in [0.1, 0.15) is 17.3 Å². The van der Waals surface area contributed by atoms with Gasteiger partial charge in [0.25, 0.3) is 5.91 Å². The Balaban J connectivity index is 1.86. The van der Waals surface area contributed by atoms with Crippen LogP contribution < -0.4 is 5.32 Å². The quantitative estimate of drug-likeness (QED) is 0.330. The molecule has 1 N–H and O–H groups in total. The molecule has 0 radical (unpaired) electrons. The fourth-order valence-corrected chi connectivity index (χ4v) is 3.46. The highest BCUT2D eigenvalue weighted by Crippen LogP contribution is 2.29. The molecule has 2 heterocycles. The molecule has 0 unspecified atom stereocenters. The van der Waals surface area contributed by atoms with Gasteiger partial charge in [0, 0.05) is 31.5 Å². The van der Waals surface area contributed by atoms with Crippen LogP contribution in [-0.4, -0.2) is 35.4 Å². The Hall–Kier alpha value is -3.21. The van der Waals surface area contributed by atoms with E-state index in [-0.39, 0.29) is 5.57 Å². The molecule has 0 saturated carbocycles. The van der Waals surface area contributed by atoms with Crippen LogP contribution in [0.2, 0.25) is 0 Å². The van der Waals surface area contributed by atoms with Gasteiger partial charge in [0.15, 0.2) is 0 Å². The van der Waals surface area contributed by atoms with Gasteiger partial charge in [-0.3, -0.25) is 4.79 Å². The molecule has 0 aliphatic rings. The number of benzene rings is 1. The van der Waals surface area contributed by atoms with E-state index >= 15 is 0 Å². The van der Waals surface area contributed by atoms with E-state index in [0.29, 0.717) is 26.2 Å². The van der Waals surface area contributed by atoms with Crippen molar-refractivity contribution in [3.8, 4) is 22.3 Å². The van der Waals surface area contributed by atoms with E-state index in [4.69, 9.17) is 9.84 Å². The Labute approximate surface area is 174 Å². The molecule has 3 aromatic rings. The van der Waals surface area contributed by atoms with Crippen molar-refractivity contribution in [2.24, 2.45) is 0 Å². The van der Waals surface area contributed by atoms with E-state index < -0.39 is 5.91 Å². The fourth-order valence-electron chi connectivity index (χ4n) is 2.73. The van der Waals surface area contributed by atoms with Crippen molar-refractivity contribution in [2.45, 2.75) is 13.3 Å². The van der Waals surface area contributed by atoms with Crippen LogP contribution in [-0.2, 0) is 9.53 Å². The van der Waals surface area contributed by atoms with Crippen molar-refractivity contribution in [3.63, 3.8) is 0 Å². The summed E-state index contributed by atoms with van der Waals surface area (Å²) in [5.41, 5.74) is 2.41. The second-order valence-corrected chi connectivity index (χ2v) is 7.11. The monoisotopic (exact) mass is 406 g/mol. The number of para-hydroxylation sites is 1. The largest absolute Gasteiger partial charge is 0.382 e. The fraction of sp³-hybridized carbons (Fsp3) is 0.227. The molecule has 3 rings (SSSR count). The Morgan fingerprint density at radius 2 is 2.14 bits per heavy atom. The van der Waals surface area contributed by atoms with Crippen LogP contribution in [0.15, 0.2) is 59.6 Å². The number of hydrogen-bond donors (Lipinski definition) is 1. The van der Waals surface area contributed by atoms with Crippen molar-refractivity contribution >= 4 is 23.3 Å². The summed E-state index contributed by atoms with van der Waals surface area (Å²) >= 11 is 1.56. The normalized spacial score (nSPS) is 11.2. The van der Waals surface area contributed by atoms with Gasteiger partial charge in [0.2, 0.25) is 0 Å². The highest BCUT2D eigenvalue weighted by Gasteiger charge is 2.15. The van der Waals surface area contributed by atoms with Gasteiger partial charge in [-0.1, -0.05) is 24.3 Å². The lowest BCUT2D eigenvalue weighted by Gasteiger charge is -2.04. The summed E-state index contributed by atoms with van der Waals surface area (Å²) in [5.74, 6) is -0.395. The third-order valence-electron chi connectivity index (χ3n) is 4.14. The second kappa shape index (κ2) is 10.4.